The molecule has 21 heavy (non-hydrogen) atoms. The summed E-state index contributed by atoms with van der Waals surface area (Å²) >= 11 is 0. The van der Waals surface area contributed by atoms with Crippen molar-refractivity contribution in [3.63, 3.8) is 0 Å². The van der Waals surface area contributed by atoms with E-state index in [-0.39, 0.29) is 6.61 Å². The van der Waals surface area contributed by atoms with E-state index in [2.05, 4.69) is 15.4 Å². The SMILES string of the molecule is Cn1nnc(COc2ccc3c(c2)OC(C)(C)CC3O)n1. The number of rotatable bonds is 3. The van der Waals surface area contributed by atoms with Crippen molar-refractivity contribution >= 4 is 0 Å². The third kappa shape index (κ3) is 2.97. The Bertz CT molecular complexity index is 653. The van der Waals surface area contributed by atoms with Gasteiger partial charge in [0.15, 0.2) is 6.61 Å². The van der Waals surface area contributed by atoms with Gasteiger partial charge in [0.05, 0.1) is 13.2 Å². The van der Waals surface area contributed by atoms with Gasteiger partial charge in [0.2, 0.25) is 5.82 Å². The van der Waals surface area contributed by atoms with E-state index < -0.39 is 11.7 Å². The van der Waals surface area contributed by atoms with Gasteiger partial charge in [0.1, 0.15) is 17.1 Å². The first-order valence-electron chi connectivity index (χ1n) is 6.80. The lowest BCUT2D eigenvalue weighted by atomic mass is 9.92. The third-order valence-electron chi connectivity index (χ3n) is 3.33. The van der Waals surface area contributed by atoms with Gasteiger partial charge >= 0.3 is 0 Å². The largest absolute Gasteiger partial charge is 0.487 e. The minimum absolute atomic E-state index is 0.235. The lowest BCUT2D eigenvalue weighted by Crippen LogP contribution is -2.34. The van der Waals surface area contributed by atoms with Crippen LogP contribution in [0.25, 0.3) is 0 Å². The van der Waals surface area contributed by atoms with Crippen molar-refractivity contribution in [1.82, 2.24) is 20.2 Å². The van der Waals surface area contributed by atoms with Crippen LogP contribution >= 0.6 is 0 Å². The zero-order valence-electron chi connectivity index (χ0n) is 12.3. The topological polar surface area (TPSA) is 82.3 Å². The van der Waals surface area contributed by atoms with Crippen LogP contribution in [0.3, 0.4) is 0 Å². The van der Waals surface area contributed by atoms with Crippen LogP contribution in [-0.4, -0.2) is 30.9 Å². The molecule has 1 N–H and O–H groups in total. The Morgan fingerprint density at radius 1 is 1.48 bits per heavy atom. The fourth-order valence-electron chi connectivity index (χ4n) is 2.41. The molecule has 0 spiro atoms. The molecule has 0 aliphatic carbocycles. The molecule has 2 aromatic rings. The molecule has 0 saturated heterocycles. The van der Waals surface area contributed by atoms with E-state index in [1.54, 1.807) is 19.2 Å². The summed E-state index contributed by atoms with van der Waals surface area (Å²) in [4.78, 5) is 1.38. The van der Waals surface area contributed by atoms with Crippen molar-refractivity contribution in [2.24, 2.45) is 7.05 Å². The van der Waals surface area contributed by atoms with Crippen molar-refractivity contribution in [2.75, 3.05) is 0 Å². The van der Waals surface area contributed by atoms with Crippen molar-refractivity contribution in [3.8, 4) is 11.5 Å². The monoisotopic (exact) mass is 290 g/mol. The number of benzene rings is 1. The summed E-state index contributed by atoms with van der Waals surface area (Å²) in [5.41, 5.74) is 0.400. The van der Waals surface area contributed by atoms with Crippen LogP contribution in [0.2, 0.25) is 0 Å². The van der Waals surface area contributed by atoms with Crippen LogP contribution in [0.4, 0.5) is 0 Å². The normalized spacial score (nSPS) is 19.7. The Kier molecular flexibility index (Phi) is 3.29. The summed E-state index contributed by atoms with van der Waals surface area (Å²) in [5, 5.41) is 21.8. The molecule has 0 bridgehead atoms. The summed E-state index contributed by atoms with van der Waals surface area (Å²) in [6.07, 6.45) is 0.0588. The van der Waals surface area contributed by atoms with Crippen molar-refractivity contribution in [1.29, 1.82) is 0 Å². The van der Waals surface area contributed by atoms with Gasteiger partial charge in [-0.15, -0.1) is 10.2 Å². The van der Waals surface area contributed by atoms with E-state index in [0.717, 1.165) is 5.56 Å². The molecule has 1 aliphatic heterocycles. The van der Waals surface area contributed by atoms with Crippen molar-refractivity contribution in [2.45, 2.75) is 38.6 Å². The van der Waals surface area contributed by atoms with E-state index in [1.165, 1.54) is 4.80 Å². The first kappa shape index (κ1) is 13.8. The van der Waals surface area contributed by atoms with Gasteiger partial charge in [0.25, 0.3) is 0 Å². The fourth-order valence-corrected chi connectivity index (χ4v) is 2.41. The Morgan fingerprint density at radius 3 is 3.00 bits per heavy atom. The van der Waals surface area contributed by atoms with E-state index in [0.29, 0.717) is 23.7 Å². The van der Waals surface area contributed by atoms with E-state index >= 15 is 0 Å². The number of hydrogen-bond acceptors (Lipinski definition) is 6. The quantitative estimate of drug-likeness (QED) is 0.919. The molecule has 3 rings (SSSR count). The molecule has 7 nitrogen and oxygen atoms in total. The minimum Gasteiger partial charge on any atom is -0.487 e. The second-order valence-corrected chi connectivity index (χ2v) is 5.77. The summed E-state index contributed by atoms with van der Waals surface area (Å²) in [6.45, 7) is 4.14. The lowest BCUT2D eigenvalue weighted by molar-refractivity contribution is 0.0113. The Morgan fingerprint density at radius 2 is 2.29 bits per heavy atom. The van der Waals surface area contributed by atoms with Gasteiger partial charge in [-0.2, -0.15) is 4.80 Å². The summed E-state index contributed by atoms with van der Waals surface area (Å²) in [6, 6.07) is 5.42. The number of ether oxygens (including phenoxy) is 2. The van der Waals surface area contributed by atoms with Gasteiger partial charge < -0.3 is 14.6 Å². The predicted molar refractivity (Wildman–Crippen MR) is 73.9 cm³/mol. The molecule has 0 radical (unpaired) electrons. The van der Waals surface area contributed by atoms with Crippen LogP contribution in [-0.2, 0) is 13.7 Å². The third-order valence-corrected chi connectivity index (χ3v) is 3.33. The number of fused-ring (bicyclic) bond motifs is 1. The second-order valence-electron chi connectivity index (χ2n) is 5.77. The van der Waals surface area contributed by atoms with Crippen molar-refractivity contribution < 1.29 is 14.6 Å². The first-order chi connectivity index (χ1) is 9.93. The molecule has 2 heterocycles. The highest BCUT2D eigenvalue weighted by molar-refractivity contribution is 5.43. The highest BCUT2D eigenvalue weighted by Gasteiger charge is 2.32. The smallest absolute Gasteiger partial charge is 0.212 e. The average molecular weight is 290 g/mol. The zero-order chi connectivity index (χ0) is 15.0. The Balaban J connectivity index is 1.76. The number of aliphatic hydroxyl groups excluding tert-OH is 1. The Hall–Kier alpha value is -2.15. The van der Waals surface area contributed by atoms with Crippen molar-refractivity contribution in [3.05, 3.63) is 29.6 Å². The van der Waals surface area contributed by atoms with E-state index in [4.69, 9.17) is 9.47 Å². The molecule has 0 saturated carbocycles. The molecule has 7 heteroatoms. The standard InChI is InChI=1S/C14H18N4O3/c1-14(2)7-11(19)10-5-4-9(6-12(10)21-14)20-8-13-15-17-18(3)16-13/h4-6,11,19H,7-8H2,1-3H3. The second kappa shape index (κ2) is 5.00. The molecule has 1 atom stereocenters. The number of hydrogen-bond donors (Lipinski definition) is 1. The molecule has 1 aliphatic rings. The maximum atomic E-state index is 10.1. The highest BCUT2D eigenvalue weighted by Crippen LogP contribution is 2.41. The molecule has 112 valence electrons. The molecule has 1 aromatic heterocycles. The number of aromatic nitrogens is 4. The summed E-state index contributed by atoms with van der Waals surface area (Å²) < 4.78 is 11.5. The molecule has 1 aromatic carbocycles. The first-order valence-corrected chi connectivity index (χ1v) is 6.80. The van der Waals surface area contributed by atoms with Crippen LogP contribution in [0, 0.1) is 0 Å². The highest BCUT2D eigenvalue weighted by atomic mass is 16.5. The molecule has 1 unspecified atom stereocenters. The molecular formula is C14H18N4O3. The van der Waals surface area contributed by atoms with Crippen LogP contribution < -0.4 is 9.47 Å². The summed E-state index contributed by atoms with van der Waals surface area (Å²) in [7, 11) is 1.70. The number of aryl methyl sites for hydroxylation is 1. The maximum Gasteiger partial charge on any atom is 0.212 e. The maximum absolute atomic E-state index is 10.1. The number of nitrogens with zero attached hydrogens (tertiary/aromatic N) is 4. The minimum atomic E-state index is -0.514. The Labute approximate surface area is 122 Å². The average Bonchev–Trinajstić information content (AvgIpc) is 2.80. The van der Waals surface area contributed by atoms with Gasteiger partial charge in [-0.1, -0.05) is 0 Å². The lowest BCUT2D eigenvalue weighted by Gasteiger charge is -2.35. The van der Waals surface area contributed by atoms with Gasteiger partial charge in [-0.25, -0.2) is 0 Å². The predicted octanol–water partition coefficient (Wildman–Crippen LogP) is 1.38. The number of aliphatic hydroxyl groups is 1. The number of tetrazole rings is 1. The molecular weight excluding hydrogens is 272 g/mol. The fraction of sp³-hybridized carbons (Fsp3) is 0.500. The molecule has 0 fully saturated rings. The zero-order valence-corrected chi connectivity index (χ0v) is 12.3. The summed E-state index contributed by atoms with van der Waals surface area (Å²) in [5.74, 6) is 1.81. The van der Waals surface area contributed by atoms with Gasteiger partial charge in [0, 0.05) is 18.1 Å². The molecule has 0 amide bonds. The van der Waals surface area contributed by atoms with E-state index in [9.17, 15) is 5.11 Å². The van der Waals surface area contributed by atoms with Crippen LogP contribution in [0.15, 0.2) is 18.2 Å². The van der Waals surface area contributed by atoms with Crippen LogP contribution in [0.5, 0.6) is 11.5 Å². The van der Waals surface area contributed by atoms with Crippen LogP contribution in [0.1, 0.15) is 37.8 Å². The van der Waals surface area contributed by atoms with Gasteiger partial charge in [-0.05, 0) is 31.2 Å². The van der Waals surface area contributed by atoms with Gasteiger partial charge in [-0.3, -0.25) is 0 Å². The van der Waals surface area contributed by atoms with E-state index in [1.807, 2.05) is 19.9 Å².